The molecule has 1 unspecified atom stereocenters. The Kier molecular flexibility index (Phi) is 6.23. The molecule has 1 amide bonds. The number of hydrogen-bond acceptors (Lipinski definition) is 5. The first-order valence-electron chi connectivity index (χ1n) is 8.93. The quantitative estimate of drug-likeness (QED) is 0.820. The maximum atomic E-state index is 13.6. The number of halogens is 2. The van der Waals surface area contributed by atoms with E-state index in [9.17, 15) is 9.18 Å². The summed E-state index contributed by atoms with van der Waals surface area (Å²) in [5.74, 6) is -0.151. The van der Waals surface area contributed by atoms with Gasteiger partial charge in [0.2, 0.25) is 5.95 Å². The summed E-state index contributed by atoms with van der Waals surface area (Å²) in [6, 6.07) is 6.19. The van der Waals surface area contributed by atoms with Crippen LogP contribution in [-0.2, 0) is 0 Å². The van der Waals surface area contributed by atoms with Gasteiger partial charge in [-0.05, 0) is 44.6 Å². The molecule has 1 aromatic carbocycles. The zero-order valence-corrected chi connectivity index (χ0v) is 16.2. The molecule has 3 rings (SSSR count). The average molecular weight is 392 g/mol. The summed E-state index contributed by atoms with van der Waals surface area (Å²) in [4.78, 5) is 25.2. The van der Waals surface area contributed by atoms with Crippen molar-refractivity contribution in [2.75, 3.05) is 38.6 Å². The number of rotatable bonds is 6. The van der Waals surface area contributed by atoms with Crippen LogP contribution in [0.15, 0.2) is 30.5 Å². The first-order valence-corrected chi connectivity index (χ1v) is 9.31. The molecular weight excluding hydrogens is 369 g/mol. The van der Waals surface area contributed by atoms with Gasteiger partial charge in [0.05, 0.1) is 17.3 Å². The molecule has 0 saturated carbocycles. The highest BCUT2D eigenvalue weighted by molar-refractivity contribution is 6.33. The Morgan fingerprint density at radius 3 is 2.78 bits per heavy atom. The number of amides is 1. The van der Waals surface area contributed by atoms with E-state index in [0.29, 0.717) is 12.5 Å². The third-order valence-corrected chi connectivity index (χ3v) is 4.92. The molecule has 1 atom stereocenters. The molecule has 1 aliphatic heterocycles. The molecule has 1 aromatic heterocycles. The van der Waals surface area contributed by atoms with Crippen LogP contribution < -0.4 is 10.2 Å². The lowest BCUT2D eigenvalue weighted by Gasteiger charge is -2.25. The van der Waals surface area contributed by atoms with Gasteiger partial charge in [0.15, 0.2) is 5.69 Å². The number of hydrogen-bond donors (Lipinski definition) is 1. The maximum Gasteiger partial charge on any atom is 0.271 e. The molecule has 1 fully saturated rings. The molecule has 1 aliphatic rings. The van der Waals surface area contributed by atoms with Gasteiger partial charge in [-0.1, -0.05) is 23.7 Å². The van der Waals surface area contributed by atoms with Crippen molar-refractivity contribution < 1.29 is 9.18 Å². The van der Waals surface area contributed by atoms with E-state index in [2.05, 4.69) is 15.3 Å². The molecule has 8 heteroatoms. The van der Waals surface area contributed by atoms with E-state index >= 15 is 0 Å². The second-order valence-electron chi connectivity index (χ2n) is 6.81. The van der Waals surface area contributed by atoms with Crippen molar-refractivity contribution in [2.24, 2.45) is 0 Å². The van der Waals surface area contributed by atoms with Gasteiger partial charge >= 0.3 is 0 Å². The fourth-order valence-electron chi connectivity index (χ4n) is 3.17. The van der Waals surface area contributed by atoms with Crippen molar-refractivity contribution in [3.63, 3.8) is 0 Å². The number of nitrogens with zero attached hydrogens (tertiary/aromatic N) is 4. The summed E-state index contributed by atoms with van der Waals surface area (Å²) in [6.07, 6.45) is 3.64. The molecule has 2 heterocycles. The molecule has 144 valence electrons. The van der Waals surface area contributed by atoms with Crippen LogP contribution in [0.4, 0.5) is 10.3 Å². The number of carbonyl (C=O) groups is 1. The highest BCUT2D eigenvalue weighted by Crippen LogP contribution is 2.21. The van der Waals surface area contributed by atoms with Gasteiger partial charge in [0, 0.05) is 19.6 Å². The van der Waals surface area contributed by atoms with Crippen molar-refractivity contribution in [3.8, 4) is 0 Å². The third kappa shape index (κ3) is 4.73. The van der Waals surface area contributed by atoms with Crippen LogP contribution in [0.5, 0.6) is 0 Å². The fourth-order valence-corrected chi connectivity index (χ4v) is 3.35. The van der Waals surface area contributed by atoms with E-state index in [1.54, 1.807) is 6.07 Å². The molecular formula is C19H23ClFN5O. The molecule has 0 radical (unpaired) electrons. The summed E-state index contributed by atoms with van der Waals surface area (Å²) >= 11 is 6.15. The molecule has 0 bridgehead atoms. The molecule has 0 spiro atoms. The summed E-state index contributed by atoms with van der Waals surface area (Å²) in [6.45, 7) is 2.06. The summed E-state index contributed by atoms with van der Waals surface area (Å²) < 4.78 is 13.6. The SMILES string of the molecule is CN(C)C(CNC(=O)c1nc(N2CCCC2)ncc1Cl)c1cccc(F)c1. The first-order chi connectivity index (χ1) is 13.0. The minimum Gasteiger partial charge on any atom is -0.349 e. The maximum absolute atomic E-state index is 13.6. The van der Waals surface area contributed by atoms with Gasteiger partial charge in [-0.15, -0.1) is 0 Å². The Balaban J connectivity index is 1.73. The van der Waals surface area contributed by atoms with Crippen LogP contribution in [0, 0.1) is 5.82 Å². The van der Waals surface area contributed by atoms with E-state index in [1.807, 2.05) is 30.0 Å². The van der Waals surface area contributed by atoms with Crippen LogP contribution in [0.3, 0.4) is 0 Å². The van der Waals surface area contributed by atoms with E-state index in [-0.39, 0.29) is 28.5 Å². The average Bonchev–Trinajstić information content (AvgIpc) is 3.16. The van der Waals surface area contributed by atoms with Crippen molar-refractivity contribution in [3.05, 3.63) is 52.6 Å². The largest absolute Gasteiger partial charge is 0.349 e. The second kappa shape index (κ2) is 8.63. The van der Waals surface area contributed by atoms with Gasteiger partial charge in [-0.25, -0.2) is 14.4 Å². The van der Waals surface area contributed by atoms with E-state index in [1.165, 1.54) is 18.3 Å². The topological polar surface area (TPSA) is 61.4 Å². The van der Waals surface area contributed by atoms with Crippen LogP contribution in [-0.4, -0.2) is 54.5 Å². The standard InChI is InChI=1S/C19H23ClFN5O/c1-25(2)16(13-6-5-7-14(21)10-13)12-22-18(27)17-15(20)11-23-19(24-17)26-8-3-4-9-26/h5-7,10-11,16H,3-4,8-9,12H2,1-2H3,(H,22,27). The van der Waals surface area contributed by atoms with Crippen LogP contribution in [0.25, 0.3) is 0 Å². The van der Waals surface area contributed by atoms with Crippen LogP contribution >= 0.6 is 11.6 Å². The Morgan fingerprint density at radius 1 is 1.37 bits per heavy atom. The summed E-state index contributed by atoms with van der Waals surface area (Å²) in [7, 11) is 3.76. The highest BCUT2D eigenvalue weighted by atomic mass is 35.5. The second-order valence-corrected chi connectivity index (χ2v) is 7.21. The minimum atomic E-state index is -0.369. The normalized spacial score (nSPS) is 15.2. The number of likely N-dealkylation sites (N-methyl/N-ethyl adjacent to an activating group) is 1. The fraction of sp³-hybridized carbons (Fsp3) is 0.421. The smallest absolute Gasteiger partial charge is 0.271 e. The van der Waals surface area contributed by atoms with Crippen molar-refractivity contribution in [1.29, 1.82) is 0 Å². The number of aromatic nitrogens is 2. The molecule has 1 saturated heterocycles. The Morgan fingerprint density at radius 2 is 2.11 bits per heavy atom. The van der Waals surface area contributed by atoms with E-state index in [4.69, 9.17) is 11.6 Å². The van der Waals surface area contributed by atoms with Crippen molar-refractivity contribution in [2.45, 2.75) is 18.9 Å². The summed E-state index contributed by atoms with van der Waals surface area (Å²) in [5, 5.41) is 3.07. The molecule has 1 N–H and O–H groups in total. The van der Waals surface area contributed by atoms with Gasteiger partial charge in [-0.2, -0.15) is 0 Å². The predicted molar refractivity (Wildman–Crippen MR) is 104 cm³/mol. The van der Waals surface area contributed by atoms with Gasteiger partial charge in [0.25, 0.3) is 5.91 Å². The van der Waals surface area contributed by atoms with E-state index in [0.717, 1.165) is 31.5 Å². The Hall–Kier alpha value is -2.25. The van der Waals surface area contributed by atoms with Crippen molar-refractivity contribution >= 4 is 23.5 Å². The highest BCUT2D eigenvalue weighted by Gasteiger charge is 2.21. The lowest BCUT2D eigenvalue weighted by atomic mass is 10.1. The first kappa shape index (κ1) is 19.5. The van der Waals surface area contributed by atoms with E-state index < -0.39 is 0 Å². The van der Waals surface area contributed by atoms with Gasteiger partial charge in [-0.3, -0.25) is 4.79 Å². The van der Waals surface area contributed by atoms with Crippen LogP contribution in [0.1, 0.15) is 34.9 Å². The molecule has 0 aliphatic carbocycles. The Bertz CT molecular complexity index is 810. The predicted octanol–water partition coefficient (Wildman–Crippen LogP) is 2.90. The summed E-state index contributed by atoms with van der Waals surface area (Å²) in [5.41, 5.74) is 0.942. The van der Waals surface area contributed by atoms with Crippen molar-refractivity contribution in [1.82, 2.24) is 20.2 Å². The number of anilines is 1. The number of carbonyl (C=O) groups excluding carboxylic acids is 1. The molecule has 2 aromatic rings. The minimum absolute atomic E-state index is 0.158. The zero-order valence-electron chi connectivity index (χ0n) is 15.5. The molecule has 27 heavy (non-hydrogen) atoms. The number of benzene rings is 1. The zero-order chi connectivity index (χ0) is 19.4. The third-order valence-electron chi connectivity index (χ3n) is 4.65. The van der Waals surface area contributed by atoms with Gasteiger partial charge in [0.1, 0.15) is 5.82 Å². The Labute approximate surface area is 163 Å². The lowest BCUT2D eigenvalue weighted by Crippen LogP contribution is -2.35. The molecule has 6 nitrogen and oxygen atoms in total. The van der Waals surface area contributed by atoms with Crippen LogP contribution in [0.2, 0.25) is 5.02 Å². The monoisotopic (exact) mass is 391 g/mol. The lowest BCUT2D eigenvalue weighted by molar-refractivity contribution is 0.0937. The van der Waals surface area contributed by atoms with Gasteiger partial charge < -0.3 is 15.1 Å². The number of nitrogens with one attached hydrogen (secondary N) is 1.